The van der Waals surface area contributed by atoms with E-state index in [4.69, 9.17) is 9.84 Å². The lowest BCUT2D eigenvalue weighted by Gasteiger charge is -2.16. The van der Waals surface area contributed by atoms with Crippen LogP contribution in [0, 0.1) is 20.8 Å². The van der Waals surface area contributed by atoms with Crippen molar-refractivity contribution in [1.82, 2.24) is 0 Å². The lowest BCUT2D eigenvalue weighted by Crippen LogP contribution is -2.03. The average Bonchev–Trinajstić information content (AvgIpc) is 2.48. The van der Waals surface area contributed by atoms with Gasteiger partial charge in [-0.1, -0.05) is 18.2 Å². The van der Waals surface area contributed by atoms with Gasteiger partial charge in [0.15, 0.2) is 0 Å². The van der Waals surface area contributed by atoms with E-state index in [0.29, 0.717) is 6.61 Å². The molecule has 0 atom stereocenters. The van der Waals surface area contributed by atoms with Gasteiger partial charge in [-0.15, -0.1) is 0 Å². The van der Waals surface area contributed by atoms with Gasteiger partial charge < -0.3 is 14.9 Å². The van der Waals surface area contributed by atoms with Crippen molar-refractivity contribution in [2.45, 2.75) is 27.4 Å². The average molecular weight is 286 g/mol. The van der Waals surface area contributed by atoms with Gasteiger partial charge in [0, 0.05) is 0 Å². The fourth-order valence-electron chi connectivity index (χ4n) is 2.54. The Morgan fingerprint density at radius 2 is 1.71 bits per heavy atom. The molecule has 2 N–H and O–H groups in total. The van der Waals surface area contributed by atoms with E-state index in [2.05, 4.69) is 12.1 Å². The van der Waals surface area contributed by atoms with Crippen molar-refractivity contribution in [3.8, 4) is 16.9 Å². The monoisotopic (exact) mass is 286 g/mol. The predicted octanol–water partition coefficient (Wildman–Crippen LogP) is 3.14. The van der Waals surface area contributed by atoms with Gasteiger partial charge in [-0.05, 0) is 66.3 Å². The molecule has 2 rings (SSSR count). The molecule has 0 bridgehead atoms. The van der Waals surface area contributed by atoms with Crippen molar-refractivity contribution in [3.63, 3.8) is 0 Å². The first kappa shape index (κ1) is 15.5. The molecule has 2 aromatic rings. The van der Waals surface area contributed by atoms with Crippen LogP contribution in [-0.4, -0.2) is 23.4 Å². The lowest BCUT2D eigenvalue weighted by atomic mass is 9.92. The van der Waals surface area contributed by atoms with Crippen molar-refractivity contribution < 1.29 is 14.9 Å². The molecular formula is C18H22O3. The molecule has 0 fully saturated rings. The summed E-state index contributed by atoms with van der Waals surface area (Å²) in [6, 6.07) is 10.1. The molecule has 3 nitrogen and oxygen atoms in total. The Balaban J connectivity index is 2.48. The molecule has 0 unspecified atom stereocenters. The molecular weight excluding hydrogens is 264 g/mol. The van der Waals surface area contributed by atoms with Crippen LogP contribution in [0.15, 0.2) is 30.3 Å². The van der Waals surface area contributed by atoms with E-state index < -0.39 is 0 Å². The van der Waals surface area contributed by atoms with Gasteiger partial charge in [0.1, 0.15) is 12.4 Å². The van der Waals surface area contributed by atoms with E-state index in [0.717, 1.165) is 39.1 Å². The van der Waals surface area contributed by atoms with Crippen LogP contribution in [0.4, 0.5) is 0 Å². The number of hydrogen-bond donors (Lipinski definition) is 2. The van der Waals surface area contributed by atoms with Crippen LogP contribution in [0.25, 0.3) is 11.1 Å². The van der Waals surface area contributed by atoms with Crippen LogP contribution in [-0.2, 0) is 6.61 Å². The van der Waals surface area contributed by atoms with E-state index in [1.54, 1.807) is 0 Å². The second kappa shape index (κ2) is 6.74. The maximum atomic E-state index is 9.41. The summed E-state index contributed by atoms with van der Waals surface area (Å²) in [4.78, 5) is 0. The summed E-state index contributed by atoms with van der Waals surface area (Å²) in [7, 11) is 0. The third kappa shape index (κ3) is 3.26. The Bertz CT molecular complexity index is 633. The Morgan fingerprint density at radius 3 is 2.38 bits per heavy atom. The summed E-state index contributed by atoms with van der Waals surface area (Å²) in [6.07, 6.45) is 0. The van der Waals surface area contributed by atoms with Crippen molar-refractivity contribution in [3.05, 3.63) is 52.6 Å². The largest absolute Gasteiger partial charge is 0.491 e. The Hall–Kier alpha value is -1.84. The quantitative estimate of drug-likeness (QED) is 0.887. The first-order valence-electron chi connectivity index (χ1n) is 7.13. The summed E-state index contributed by atoms with van der Waals surface area (Å²) in [5.74, 6) is 0.807. The number of ether oxygens (including phenoxy) is 1. The molecule has 0 aliphatic heterocycles. The van der Waals surface area contributed by atoms with Crippen molar-refractivity contribution in [2.24, 2.45) is 0 Å². The van der Waals surface area contributed by atoms with Gasteiger partial charge in [0.2, 0.25) is 0 Å². The molecule has 3 heteroatoms. The highest BCUT2D eigenvalue weighted by atomic mass is 16.5. The summed E-state index contributed by atoms with van der Waals surface area (Å²) >= 11 is 0. The summed E-state index contributed by atoms with van der Waals surface area (Å²) in [5.41, 5.74) is 6.49. The van der Waals surface area contributed by atoms with Crippen LogP contribution >= 0.6 is 0 Å². The number of rotatable bonds is 5. The van der Waals surface area contributed by atoms with Crippen molar-refractivity contribution >= 4 is 0 Å². The second-order valence-corrected chi connectivity index (χ2v) is 5.25. The maximum absolute atomic E-state index is 9.41. The molecule has 0 aliphatic carbocycles. The molecule has 0 aliphatic rings. The van der Waals surface area contributed by atoms with Crippen LogP contribution in [0.3, 0.4) is 0 Å². The van der Waals surface area contributed by atoms with E-state index >= 15 is 0 Å². The highest BCUT2D eigenvalue weighted by Crippen LogP contribution is 2.33. The standard InChI is InChI=1S/C18H22O3/c1-12-10-18(21-8-7-19)13(2)9-17(12)16-6-4-5-15(11-20)14(16)3/h4-6,9-10,19-20H,7-8,11H2,1-3H3. The van der Waals surface area contributed by atoms with Crippen molar-refractivity contribution in [1.29, 1.82) is 0 Å². The highest BCUT2D eigenvalue weighted by Gasteiger charge is 2.11. The fraction of sp³-hybridized carbons (Fsp3) is 0.333. The first-order valence-corrected chi connectivity index (χ1v) is 7.13. The molecule has 0 aromatic heterocycles. The van der Waals surface area contributed by atoms with E-state index in [1.807, 2.05) is 39.0 Å². The smallest absolute Gasteiger partial charge is 0.122 e. The zero-order chi connectivity index (χ0) is 15.4. The normalized spacial score (nSPS) is 10.7. The highest BCUT2D eigenvalue weighted by molar-refractivity contribution is 5.73. The molecule has 0 spiro atoms. The molecule has 112 valence electrons. The molecule has 0 radical (unpaired) electrons. The lowest BCUT2D eigenvalue weighted by molar-refractivity contribution is 0.200. The van der Waals surface area contributed by atoms with Gasteiger partial charge in [0.25, 0.3) is 0 Å². The number of aryl methyl sites for hydroxylation is 2. The number of hydrogen-bond acceptors (Lipinski definition) is 3. The fourth-order valence-corrected chi connectivity index (χ4v) is 2.54. The van der Waals surface area contributed by atoms with Crippen LogP contribution in [0.2, 0.25) is 0 Å². The van der Waals surface area contributed by atoms with Crippen molar-refractivity contribution in [2.75, 3.05) is 13.2 Å². The predicted molar refractivity (Wildman–Crippen MR) is 84.6 cm³/mol. The molecule has 0 saturated heterocycles. The third-order valence-electron chi connectivity index (χ3n) is 3.78. The van der Waals surface area contributed by atoms with Crippen LogP contribution in [0.5, 0.6) is 5.75 Å². The van der Waals surface area contributed by atoms with E-state index in [9.17, 15) is 5.11 Å². The molecule has 0 heterocycles. The van der Waals surface area contributed by atoms with Gasteiger partial charge in [-0.25, -0.2) is 0 Å². The van der Waals surface area contributed by atoms with Gasteiger partial charge >= 0.3 is 0 Å². The minimum Gasteiger partial charge on any atom is -0.491 e. The minimum atomic E-state index is 0.0118. The molecule has 0 amide bonds. The van der Waals surface area contributed by atoms with Crippen LogP contribution in [0.1, 0.15) is 22.3 Å². The topological polar surface area (TPSA) is 49.7 Å². The molecule has 2 aromatic carbocycles. The van der Waals surface area contributed by atoms with Gasteiger partial charge in [-0.2, -0.15) is 0 Å². The summed E-state index contributed by atoms with van der Waals surface area (Å²) in [5, 5.41) is 18.3. The van der Waals surface area contributed by atoms with E-state index in [-0.39, 0.29) is 13.2 Å². The second-order valence-electron chi connectivity index (χ2n) is 5.25. The minimum absolute atomic E-state index is 0.0118. The number of benzene rings is 2. The number of aliphatic hydroxyl groups is 2. The third-order valence-corrected chi connectivity index (χ3v) is 3.78. The molecule has 0 saturated carbocycles. The van der Waals surface area contributed by atoms with Gasteiger partial charge in [0.05, 0.1) is 13.2 Å². The van der Waals surface area contributed by atoms with Gasteiger partial charge in [-0.3, -0.25) is 0 Å². The summed E-state index contributed by atoms with van der Waals surface area (Å²) < 4.78 is 5.54. The SMILES string of the molecule is Cc1cc(-c2cccc(CO)c2C)c(C)cc1OCCO. The zero-order valence-electron chi connectivity index (χ0n) is 12.8. The van der Waals surface area contributed by atoms with Crippen LogP contribution < -0.4 is 4.74 Å². The Kier molecular flexibility index (Phi) is 4.99. The zero-order valence-corrected chi connectivity index (χ0v) is 12.8. The molecule has 21 heavy (non-hydrogen) atoms. The Labute approximate surface area is 125 Å². The Morgan fingerprint density at radius 1 is 0.952 bits per heavy atom. The summed E-state index contributed by atoms with van der Waals surface area (Å²) in [6.45, 7) is 6.45. The van der Waals surface area contributed by atoms with E-state index in [1.165, 1.54) is 0 Å². The number of aliphatic hydroxyl groups excluding tert-OH is 2. The maximum Gasteiger partial charge on any atom is 0.122 e. The first-order chi connectivity index (χ1) is 10.1.